The van der Waals surface area contributed by atoms with Gasteiger partial charge in [0.25, 0.3) is 11.8 Å². The molecule has 2 N–H and O–H groups in total. The summed E-state index contributed by atoms with van der Waals surface area (Å²) in [5, 5.41) is 5.01. The molecular formula is C27H24Cl2N4O4S. The molecular weight excluding hydrogens is 547 g/mol. The van der Waals surface area contributed by atoms with Crippen molar-refractivity contribution in [2.24, 2.45) is 0 Å². The van der Waals surface area contributed by atoms with E-state index < -0.39 is 23.8 Å². The van der Waals surface area contributed by atoms with Crippen LogP contribution in [0.1, 0.15) is 30.1 Å². The number of thiocarbonyl (C=S) groups is 1. The summed E-state index contributed by atoms with van der Waals surface area (Å²) in [5.74, 6) is -0.719. The van der Waals surface area contributed by atoms with Gasteiger partial charge in [0.2, 0.25) is 11.0 Å². The van der Waals surface area contributed by atoms with Crippen LogP contribution in [0.15, 0.2) is 72.8 Å². The van der Waals surface area contributed by atoms with Crippen LogP contribution in [-0.4, -0.2) is 40.5 Å². The van der Waals surface area contributed by atoms with Crippen LogP contribution in [0.4, 0.5) is 11.4 Å². The van der Waals surface area contributed by atoms with Crippen LogP contribution in [0, 0.1) is 0 Å². The Labute approximate surface area is 235 Å². The number of amides is 3. The number of carbonyl (C=O) groups excluding carboxylic acids is 3. The van der Waals surface area contributed by atoms with Crippen molar-refractivity contribution in [3.05, 3.63) is 88.4 Å². The van der Waals surface area contributed by atoms with Crippen molar-refractivity contribution >= 4 is 69.6 Å². The summed E-state index contributed by atoms with van der Waals surface area (Å²) in [6.45, 7) is 2.61. The summed E-state index contributed by atoms with van der Waals surface area (Å²) in [4.78, 5) is 40.7. The molecule has 1 unspecified atom stereocenters. The lowest BCUT2D eigenvalue weighted by Crippen LogP contribution is -2.49. The first-order valence-corrected chi connectivity index (χ1v) is 12.9. The molecule has 0 spiro atoms. The van der Waals surface area contributed by atoms with Gasteiger partial charge in [-0.1, -0.05) is 30.1 Å². The Morgan fingerprint density at radius 1 is 0.947 bits per heavy atom. The molecule has 11 heteroatoms. The molecule has 0 aliphatic carbocycles. The number of nitrogens with one attached hydrogen (secondary N) is 2. The summed E-state index contributed by atoms with van der Waals surface area (Å²) in [6, 6.07) is 18.6. The first kappa shape index (κ1) is 27.4. The van der Waals surface area contributed by atoms with Crippen LogP contribution in [-0.2, 0) is 9.59 Å². The molecule has 1 atom stereocenters. The molecule has 8 nitrogen and oxygen atoms in total. The van der Waals surface area contributed by atoms with Crippen LogP contribution in [0.2, 0.25) is 10.0 Å². The van der Waals surface area contributed by atoms with Gasteiger partial charge in [-0.2, -0.15) is 0 Å². The Morgan fingerprint density at radius 2 is 1.55 bits per heavy atom. The third-order valence-corrected chi connectivity index (χ3v) is 6.50. The molecule has 0 bridgehead atoms. The van der Waals surface area contributed by atoms with Crippen molar-refractivity contribution in [3.63, 3.8) is 0 Å². The van der Waals surface area contributed by atoms with E-state index in [-0.39, 0.29) is 11.5 Å². The van der Waals surface area contributed by atoms with Gasteiger partial charge in [0.05, 0.1) is 18.7 Å². The number of nitrogens with zero attached hydrogens (tertiary/aromatic N) is 2. The third kappa shape index (κ3) is 6.42. The number of ether oxygens (including phenoxy) is 1. The van der Waals surface area contributed by atoms with E-state index in [1.807, 2.05) is 6.92 Å². The second-order valence-electron chi connectivity index (χ2n) is 8.39. The molecule has 0 aromatic heterocycles. The van der Waals surface area contributed by atoms with Crippen LogP contribution in [0.3, 0.4) is 0 Å². The number of hydrogen-bond donors (Lipinski definition) is 2. The maximum absolute atomic E-state index is 13.5. The van der Waals surface area contributed by atoms with E-state index in [1.165, 1.54) is 9.91 Å². The van der Waals surface area contributed by atoms with Crippen molar-refractivity contribution in [1.29, 1.82) is 0 Å². The molecule has 1 aliphatic rings. The van der Waals surface area contributed by atoms with E-state index in [4.69, 9.17) is 40.2 Å². The summed E-state index contributed by atoms with van der Waals surface area (Å²) in [6.07, 6.45) is 0.617. The smallest absolute Gasteiger partial charge is 0.269 e. The van der Waals surface area contributed by atoms with E-state index in [2.05, 4.69) is 10.7 Å². The van der Waals surface area contributed by atoms with Crippen molar-refractivity contribution in [1.82, 2.24) is 10.4 Å². The third-order valence-electron chi connectivity index (χ3n) is 5.62. The maximum Gasteiger partial charge on any atom is 0.269 e. The molecule has 3 aromatic rings. The molecule has 3 aromatic carbocycles. The Kier molecular flexibility index (Phi) is 8.83. The summed E-state index contributed by atoms with van der Waals surface area (Å²) in [5.41, 5.74) is 3.98. The number of hydrogen-bond acceptors (Lipinski definition) is 5. The van der Waals surface area contributed by atoms with Crippen molar-refractivity contribution in [2.75, 3.05) is 16.8 Å². The predicted molar refractivity (Wildman–Crippen MR) is 152 cm³/mol. The van der Waals surface area contributed by atoms with Gasteiger partial charge in [-0.05, 0) is 91.4 Å². The van der Waals surface area contributed by atoms with Crippen LogP contribution < -0.4 is 20.4 Å². The van der Waals surface area contributed by atoms with Gasteiger partial charge in [-0.25, -0.2) is 5.01 Å². The van der Waals surface area contributed by atoms with Crippen LogP contribution >= 0.6 is 35.4 Å². The highest BCUT2D eigenvalue weighted by molar-refractivity contribution is 7.80. The van der Waals surface area contributed by atoms with Crippen LogP contribution in [0.5, 0.6) is 5.75 Å². The zero-order valence-electron chi connectivity index (χ0n) is 20.3. The van der Waals surface area contributed by atoms with Crippen molar-refractivity contribution < 1.29 is 19.1 Å². The molecule has 1 heterocycles. The normalized spacial score (nSPS) is 15.0. The minimum absolute atomic E-state index is 0.0230. The molecule has 4 rings (SSSR count). The topological polar surface area (TPSA) is 91.0 Å². The minimum Gasteiger partial charge on any atom is -0.494 e. The standard InChI is InChI=1S/C27H24Cl2N4O4S/c1-2-15-37-22-13-9-20(10-14-22)30-24(34)16-23-26(36)32(21-11-7-19(29)8-12-21)27(38)33(23)31-25(35)17-3-5-18(28)6-4-17/h3-14,23H,2,15-16H2,1H3,(H,30,34)(H,31,35). The lowest BCUT2D eigenvalue weighted by atomic mass is 10.1. The number of rotatable bonds is 9. The summed E-state index contributed by atoms with van der Waals surface area (Å²) < 4.78 is 5.56. The van der Waals surface area contributed by atoms with Gasteiger partial charge in [-0.15, -0.1) is 0 Å². The average Bonchev–Trinajstić information content (AvgIpc) is 3.13. The van der Waals surface area contributed by atoms with E-state index >= 15 is 0 Å². The zero-order chi connectivity index (χ0) is 27.2. The molecule has 38 heavy (non-hydrogen) atoms. The number of hydrazine groups is 1. The number of halogens is 2. The fourth-order valence-corrected chi connectivity index (χ4v) is 4.36. The Balaban J connectivity index is 1.54. The molecule has 0 saturated carbocycles. The van der Waals surface area contributed by atoms with Gasteiger partial charge in [-0.3, -0.25) is 24.7 Å². The first-order chi connectivity index (χ1) is 18.3. The molecule has 1 fully saturated rings. The van der Waals surface area contributed by atoms with E-state index in [1.54, 1.807) is 72.8 Å². The molecule has 1 saturated heterocycles. The minimum atomic E-state index is -1.08. The molecule has 0 radical (unpaired) electrons. The fourth-order valence-electron chi connectivity index (χ4n) is 3.74. The van der Waals surface area contributed by atoms with E-state index in [0.717, 1.165) is 6.42 Å². The Hall–Kier alpha value is -3.66. The monoisotopic (exact) mass is 570 g/mol. The number of anilines is 2. The highest BCUT2D eigenvalue weighted by Gasteiger charge is 2.45. The molecule has 1 aliphatic heterocycles. The summed E-state index contributed by atoms with van der Waals surface area (Å²) in [7, 11) is 0. The van der Waals surface area contributed by atoms with Gasteiger partial charge in [0.1, 0.15) is 11.8 Å². The Morgan fingerprint density at radius 3 is 2.16 bits per heavy atom. The SMILES string of the molecule is CCCOc1ccc(NC(=O)CC2C(=O)N(c3ccc(Cl)cc3)C(=S)N2NC(=O)c2ccc(Cl)cc2)cc1. The number of carbonyl (C=O) groups is 3. The average molecular weight is 571 g/mol. The lowest BCUT2D eigenvalue weighted by molar-refractivity contribution is -0.124. The largest absolute Gasteiger partial charge is 0.494 e. The number of benzene rings is 3. The fraction of sp³-hybridized carbons (Fsp3) is 0.185. The van der Waals surface area contributed by atoms with E-state index in [9.17, 15) is 14.4 Å². The van der Waals surface area contributed by atoms with Crippen molar-refractivity contribution in [2.45, 2.75) is 25.8 Å². The predicted octanol–water partition coefficient (Wildman–Crippen LogP) is 5.46. The zero-order valence-corrected chi connectivity index (χ0v) is 22.6. The first-order valence-electron chi connectivity index (χ1n) is 11.8. The lowest BCUT2D eigenvalue weighted by Gasteiger charge is -2.24. The quantitative estimate of drug-likeness (QED) is 0.332. The van der Waals surface area contributed by atoms with Gasteiger partial charge < -0.3 is 10.1 Å². The maximum atomic E-state index is 13.5. The van der Waals surface area contributed by atoms with Gasteiger partial charge in [0, 0.05) is 21.3 Å². The second-order valence-corrected chi connectivity index (χ2v) is 9.63. The van der Waals surface area contributed by atoms with Crippen LogP contribution in [0.25, 0.3) is 0 Å². The Bertz CT molecular complexity index is 1330. The van der Waals surface area contributed by atoms with E-state index in [0.29, 0.717) is 39.3 Å². The van der Waals surface area contributed by atoms with Gasteiger partial charge >= 0.3 is 0 Å². The van der Waals surface area contributed by atoms with Crippen molar-refractivity contribution in [3.8, 4) is 5.75 Å². The highest BCUT2D eigenvalue weighted by atomic mass is 35.5. The second kappa shape index (κ2) is 12.3. The highest BCUT2D eigenvalue weighted by Crippen LogP contribution is 2.28. The summed E-state index contributed by atoms with van der Waals surface area (Å²) >= 11 is 17.5. The molecule has 3 amide bonds. The molecule has 196 valence electrons. The van der Waals surface area contributed by atoms with Gasteiger partial charge in [0.15, 0.2) is 0 Å².